The number of rotatable bonds is 7. The highest BCUT2D eigenvalue weighted by Gasteiger charge is 2.21. The van der Waals surface area contributed by atoms with Crippen LogP contribution in [0.4, 0.5) is 14.9 Å². The van der Waals surface area contributed by atoms with Gasteiger partial charge in [-0.15, -0.1) is 0 Å². The molecule has 0 bridgehead atoms. The van der Waals surface area contributed by atoms with Crippen LogP contribution in [0.15, 0.2) is 72.9 Å². The molecule has 32 heavy (non-hydrogen) atoms. The third-order valence-electron chi connectivity index (χ3n) is 5.40. The smallest absolute Gasteiger partial charge is 0.319 e. The Kier molecular flexibility index (Phi) is 6.26. The molecule has 0 spiro atoms. The molecule has 0 saturated carbocycles. The number of carbonyl (C=O) groups excluding carboxylic acids is 1. The lowest BCUT2D eigenvalue weighted by molar-refractivity contribution is 0.251. The third-order valence-corrected chi connectivity index (χ3v) is 5.40. The molecule has 0 unspecified atom stereocenters. The number of H-pyrrole nitrogens is 1. The minimum atomic E-state index is -0.490. The molecule has 0 saturated heterocycles. The third kappa shape index (κ3) is 4.37. The van der Waals surface area contributed by atoms with Crippen LogP contribution in [-0.2, 0) is 0 Å². The van der Waals surface area contributed by atoms with E-state index in [1.807, 2.05) is 48.7 Å². The van der Waals surface area contributed by atoms with Crippen LogP contribution in [0, 0.1) is 5.82 Å². The first-order valence-corrected chi connectivity index (χ1v) is 10.2. The lowest BCUT2D eigenvalue weighted by Crippen LogP contribution is -2.33. The summed E-state index contributed by atoms with van der Waals surface area (Å²) >= 11 is 0. The minimum Gasteiger partial charge on any atom is -0.493 e. The zero-order chi connectivity index (χ0) is 22.5. The van der Waals surface area contributed by atoms with Crippen molar-refractivity contribution in [1.82, 2.24) is 10.3 Å². The van der Waals surface area contributed by atoms with Crippen LogP contribution in [0.25, 0.3) is 10.9 Å². The fourth-order valence-electron chi connectivity index (χ4n) is 3.78. The second-order valence-electron chi connectivity index (χ2n) is 7.27. The summed E-state index contributed by atoms with van der Waals surface area (Å²) in [5.41, 5.74) is 3.10. The topological polar surface area (TPSA) is 75.4 Å². The first kappa shape index (κ1) is 21.2. The number of carbonyl (C=O) groups is 1. The molecule has 2 amide bonds. The van der Waals surface area contributed by atoms with Gasteiger partial charge in [-0.2, -0.15) is 0 Å². The highest BCUT2D eigenvalue weighted by molar-refractivity contribution is 5.89. The van der Waals surface area contributed by atoms with Crippen LogP contribution >= 0.6 is 0 Å². The molecule has 0 aliphatic rings. The Balaban J connectivity index is 1.64. The average Bonchev–Trinajstić information content (AvgIpc) is 3.24. The number of para-hydroxylation sites is 2. The van der Waals surface area contributed by atoms with E-state index in [9.17, 15) is 9.18 Å². The van der Waals surface area contributed by atoms with Gasteiger partial charge in [0, 0.05) is 29.6 Å². The predicted molar refractivity (Wildman–Crippen MR) is 123 cm³/mol. The van der Waals surface area contributed by atoms with Gasteiger partial charge in [0.05, 0.1) is 19.9 Å². The van der Waals surface area contributed by atoms with Crippen molar-refractivity contribution in [3.8, 4) is 11.5 Å². The van der Waals surface area contributed by atoms with E-state index in [2.05, 4.69) is 15.6 Å². The SMILES string of the molecule is COc1ccc([C@H](CNC(=O)Nc2ccccc2F)c2c[nH]c3ccccc23)cc1OC. The van der Waals surface area contributed by atoms with E-state index in [0.717, 1.165) is 22.0 Å². The van der Waals surface area contributed by atoms with Gasteiger partial charge >= 0.3 is 6.03 Å². The van der Waals surface area contributed by atoms with Gasteiger partial charge in [0.15, 0.2) is 11.5 Å². The quantitative estimate of drug-likeness (QED) is 0.371. The van der Waals surface area contributed by atoms with Crippen LogP contribution in [0.2, 0.25) is 0 Å². The predicted octanol–water partition coefficient (Wildman–Crippen LogP) is 5.28. The molecule has 7 heteroatoms. The van der Waals surface area contributed by atoms with Gasteiger partial charge in [0.1, 0.15) is 5.82 Å². The zero-order valence-corrected chi connectivity index (χ0v) is 17.8. The molecule has 0 radical (unpaired) electrons. The van der Waals surface area contributed by atoms with Gasteiger partial charge in [-0.05, 0) is 41.5 Å². The standard InChI is InChI=1S/C25H24FN3O3/c1-31-23-12-11-16(13-24(23)32-2)18(19-15-27-21-9-5-3-7-17(19)21)14-28-25(30)29-22-10-6-4-8-20(22)26/h3-13,15,18,27H,14H2,1-2H3,(H2,28,29,30)/t18-/m0/s1. The number of aromatic nitrogens is 1. The van der Waals surface area contributed by atoms with E-state index >= 15 is 0 Å². The van der Waals surface area contributed by atoms with E-state index in [-0.39, 0.29) is 18.2 Å². The molecule has 4 aromatic rings. The summed E-state index contributed by atoms with van der Waals surface area (Å²) in [7, 11) is 3.17. The lowest BCUT2D eigenvalue weighted by Gasteiger charge is -2.20. The maximum Gasteiger partial charge on any atom is 0.319 e. The van der Waals surface area contributed by atoms with E-state index in [1.54, 1.807) is 26.4 Å². The molecule has 0 aliphatic carbocycles. The van der Waals surface area contributed by atoms with E-state index in [0.29, 0.717) is 11.5 Å². The molecule has 164 valence electrons. The number of methoxy groups -OCH3 is 2. The number of urea groups is 1. The van der Waals surface area contributed by atoms with Crippen LogP contribution in [0.1, 0.15) is 17.0 Å². The fraction of sp³-hybridized carbons (Fsp3) is 0.160. The van der Waals surface area contributed by atoms with Crippen LogP contribution < -0.4 is 20.1 Å². The number of hydrogen-bond donors (Lipinski definition) is 3. The number of halogens is 1. The van der Waals surface area contributed by atoms with Crippen LogP contribution in [0.3, 0.4) is 0 Å². The number of anilines is 1. The number of hydrogen-bond acceptors (Lipinski definition) is 3. The lowest BCUT2D eigenvalue weighted by atomic mass is 9.90. The monoisotopic (exact) mass is 433 g/mol. The maximum absolute atomic E-state index is 13.9. The summed E-state index contributed by atoms with van der Waals surface area (Å²) < 4.78 is 24.7. The summed E-state index contributed by atoms with van der Waals surface area (Å²) in [6, 6.07) is 19.2. The van der Waals surface area contributed by atoms with Crippen molar-refractivity contribution < 1.29 is 18.7 Å². The zero-order valence-electron chi connectivity index (χ0n) is 17.8. The maximum atomic E-state index is 13.9. The molecule has 3 aromatic carbocycles. The van der Waals surface area contributed by atoms with Crippen LogP contribution in [0.5, 0.6) is 11.5 Å². The van der Waals surface area contributed by atoms with E-state index in [1.165, 1.54) is 12.1 Å². The normalized spacial score (nSPS) is 11.7. The average molecular weight is 433 g/mol. The summed E-state index contributed by atoms with van der Waals surface area (Å²) in [4.78, 5) is 15.8. The Morgan fingerprint density at radius 2 is 1.75 bits per heavy atom. The molecule has 6 nitrogen and oxygen atoms in total. The summed E-state index contributed by atoms with van der Waals surface area (Å²) in [5, 5.41) is 6.49. The number of ether oxygens (including phenoxy) is 2. The molecule has 0 fully saturated rings. The van der Waals surface area contributed by atoms with Crippen molar-refractivity contribution in [2.75, 3.05) is 26.1 Å². The molecule has 1 heterocycles. The molecule has 3 N–H and O–H groups in total. The first-order chi connectivity index (χ1) is 15.6. The van der Waals surface area contributed by atoms with Crippen molar-refractivity contribution in [1.29, 1.82) is 0 Å². The number of fused-ring (bicyclic) bond motifs is 1. The van der Waals surface area contributed by atoms with Gasteiger partial charge in [0.25, 0.3) is 0 Å². The molecule has 0 aliphatic heterocycles. The largest absolute Gasteiger partial charge is 0.493 e. The molecule has 1 atom stereocenters. The van der Waals surface area contributed by atoms with E-state index < -0.39 is 11.8 Å². The van der Waals surface area contributed by atoms with Crippen molar-refractivity contribution in [3.05, 3.63) is 89.9 Å². The van der Waals surface area contributed by atoms with Gasteiger partial charge in [-0.3, -0.25) is 0 Å². The van der Waals surface area contributed by atoms with E-state index in [4.69, 9.17) is 9.47 Å². The second-order valence-corrected chi connectivity index (χ2v) is 7.27. The first-order valence-electron chi connectivity index (χ1n) is 10.2. The second kappa shape index (κ2) is 9.43. The van der Waals surface area contributed by atoms with Gasteiger partial charge in [-0.1, -0.05) is 36.4 Å². The van der Waals surface area contributed by atoms with Gasteiger partial charge in [0.2, 0.25) is 0 Å². The minimum absolute atomic E-state index is 0.125. The summed E-state index contributed by atoms with van der Waals surface area (Å²) in [5.74, 6) is 0.554. The fourth-order valence-corrected chi connectivity index (χ4v) is 3.78. The molecular formula is C25H24FN3O3. The van der Waals surface area contributed by atoms with Crippen molar-refractivity contribution >= 4 is 22.6 Å². The van der Waals surface area contributed by atoms with Gasteiger partial charge in [-0.25, -0.2) is 9.18 Å². The summed E-state index contributed by atoms with van der Waals surface area (Å²) in [6.07, 6.45) is 1.95. The number of aromatic amines is 1. The number of benzene rings is 3. The Bertz CT molecular complexity index is 1240. The molecular weight excluding hydrogens is 409 g/mol. The van der Waals surface area contributed by atoms with Gasteiger partial charge < -0.3 is 25.1 Å². The Morgan fingerprint density at radius 3 is 2.53 bits per heavy atom. The summed E-state index contributed by atoms with van der Waals surface area (Å²) in [6.45, 7) is 0.289. The van der Waals surface area contributed by atoms with Crippen molar-refractivity contribution in [3.63, 3.8) is 0 Å². The molecule has 4 rings (SSSR count). The number of nitrogens with one attached hydrogen (secondary N) is 3. The highest BCUT2D eigenvalue weighted by atomic mass is 19.1. The Labute approximate surface area is 185 Å². The highest BCUT2D eigenvalue weighted by Crippen LogP contribution is 2.35. The molecule has 1 aromatic heterocycles. The van der Waals surface area contributed by atoms with Crippen molar-refractivity contribution in [2.45, 2.75) is 5.92 Å². The van der Waals surface area contributed by atoms with Crippen molar-refractivity contribution in [2.24, 2.45) is 0 Å². The Hall–Kier alpha value is -4.00. The number of amides is 2. The Morgan fingerprint density at radius 1 is 1.00 bits per heavy atom. The van der Waals surface area contributed by atoms with Crippen LogP contribution in [-0.4, -0.2) is 31.8 Å².